The van der Waals surface area contributed by atoms with Crippen molar-refractivity contribution < 1.29 is 14.3 Å². The van der Waals surface area contributed by atoms with Crippen LogP contribution in [0.15, 0.2) is 18.2 Å². The van der Waals surface area contributed by atoms with Crippen LogP contribution in [-0.2, 0) is 9.53 Å². The van der Waals surface area contributed by atoms with Gasteiger partial charge >= 0.3 is 5.97 Å². The Labute approximate surface area is 103 Å². The molecule has 1 rings (SSSR count). The fourth-order valence-electron chi connectivity index (χ4n) is 1.82. The van der Waals surface area contributed by atoms with Gasteiger partial charge in [0.1, 0.15) is 5.75 Å². The van der Waals surface area contributed by atoms with Gasteiger partial charge in [-0.1, -0.05) is 19.1 Å². The monoisotopic (exact) mass is 236 g/mol. The Kier molecular flexibility index (Phi) is 5.01. The van der Waals surface area contributed by atoms with Crippen molar-refractivity contribution in [1.29, 1.82) is 0 Å². The number of aryl methyl sites for hydroxylation is 1. The van der Waals surface area contributed by atoms with Crippen molar-refractivity contribution in [3.63, 3.8) is 0 Å². The van der Waals surface area contributed by atoms with Gasteiger partial charge in [0.25, 0.3) is 0 Å². The summed E-state index contributed by atoms with van der Waals surface area (Å²) in [5.74, 6) is 1.01. The number of hydrogen-bond acceptors (Lipinski definition) is 3. The van der Waals surface area contributed by atoms with E-state index in [2.05, 4.69) is 23.8 Å². The molecule has 0 fully saturated rings. The predicted molar refractivity (Wildman–Crippen MR) is 67.4 cm³/mol. The standard InChI is InChI=1S/C14H20O3/c1-10-5-7-12(13(9-10)16-3)11(2)6-8-14(15)17-4/h5,7,9,11H,6,8H2,1-4H3/t11-/m1/s1. The third kappa shape index (κ3) is 3.77. The zero-order valence-electron chi connectivity index (χ0n) is 10.9. The van der Waals surface area contributed by atoms with E-state index in [1.54, 1.807) is 7.11 Å². The van der Waals surface area contributed by atoms with Crippen molar-refractivity contribution in [1.82, 2.24) is 0 Å². The fraction of sp³-hybridized carbons (Fsp3) is 0.500. The molecule has 0 saturated heterocycles. The largest absolute Gasteiger partial charge is 0.496 e. The molecule has 0 N–H and O–H groups in total. The van der Waals surface area contributed by atoms with Gasteiger partial charge in [-0.2, -0.15) is 0 Å². The number of esters is 1. The molecule has 17 heavy (non-hydrogen) atoms. The molecule has 0 saturated carbocycles. The summed E-state index contributed by atoms with van der Waals surface area (Å²) in [5, 5.41) is 0. The van der Waals surface area contributed by atoms with Crippen LogP contribution in [0.1, 0.15) is 36.8 Å². The van der Waals surface area contributed by atoms with Crippen molar-refractivity contribution in [3.8, 4) is 5.75 Å². The molecule has 0 amide bonds. The first-order chi connectivity index (χ1) is 8.08. The average molecular weight is 236 g/mol. The lowest BCUT2D eigenvalue weighted by molar-refractivity contribution is -0.140. The van der Waals surface area contributed by atoms with Crippen LogP contribution in [0.3, 0.4) is 0 Å². The second-order valence-corrected chi connectivity index (χ2v) is 4.26. The Bertz CT molecular complexity index is 385. The summed E-state index contributed by atoms with van der Waals surface area (Å²) in [6.45, 7) is 4.13. The topological polar surface area (TPSA) is 35.5 Å². The SMILES string of the molecule is COC(=O)CC[C@@H](C)c1ccc(C)cc1OC. The second kappa shape index (κ2) is 6.28. The number of benzene rings is 1. The van der Waals surface area contributed by atoms with E-state index >= 15 is 0 Å². The van der Waals surface area contributed by atoms with Gasteiger partial charge in [-0.3, -0.25) is 4.79 Å². The third-order valence-corrected chi connectivity index (χ3v) is 2.93. The van der Waals surface area contributed by atoms with Crippen molar-refractivity contribution >= 4 is 5.97 Å². The molecule has 1 aromatic rings. The van der Waals surface area contributed by atoms with Gasteiger partial charge in [-0.05, 0) is 36.5 Å². The quantitative estimate of drug-likeness (QED) is 0.737. The van der Waals surface area contributed by atoms with E-state index < -0.39 is 0 Å². The van der Waals surface area contributed by atoms with E-state index in [-0.39, 0.29) is 11.9 Å². The Hall–Kier alpha value is -1.51. The highest BCUT2D eigenvalue weighted by molar-refractivity contribution is 5.69. The number of methoxy groups -OCH3 is 2. The molecule has 1 aromatic carbocycles. The number of carbonyl (C=O) groups is 1. The molecule has 1 atom stereocenters. The minimum atomic E-state index is -0.164. The lowest BCUT2D eigenvalue weighted by Gasteiger charge is -2.15. The molecule has 0 spiro atoms. The normalized spacial score (nSPS) is 12.0. The Morgan fingerprint density at radius 1 is 1.35 bits per heavy atom. The summed E-state index contributed by atoms with van der Waals surface area (Å²) in [5.41, 5.74) is 2.31. The van der Waals surface area contributed by atoms with Gasteiger partial charge in [0.05, 0.1) is 14.2 Å². The molecule has 94 valence electrons. The molecular weight excluding hydrogens is 216 g/mol. The van der Waals surface area contributed by atoms with E-state index in [0.717, 1.165) is 17.7 Å². The number of hydrogen-bond donors (Lipinski definition) is 0. The molecule has 0 bridgehead atoms. The van der Waals surface area contributed by atoms with Crippen molar-refractivity contribution in [2.24, 2.45) is 0 Å². The van der Waals surface area contributed by atoms with Crippen molar-refractivity contribution in [3.05, 3.63) is 29.3 Å². The number of carbonyl (C=O) groups excluding carboxylic acids is 1. The summed E-state index contributed by atoms with van der Waals surface area (Å²) in [6.07, 6.45) is 1.21. The molecule has 0 heterocycles. The van der Waals surface area contributed by atoms with Crippen LogP contribution in [-0.4, -0.2) is 20.2 Å². The third-order valence-electron chi connectivity index (χ3n) is 2.93. The summed E-state index contributed by atoms with van der Waals surface area (Å²) in [4.78, 5) is 11.1. The maximum atomic E-state index is 11.1. The number of rotatable bonds is 5. The Morgan fingerprint density at radius 2 is 2.06 bits per heavy atom. The zero-order valence-corrected chi connectivity index (χ0v) is 10.9. The Morgan fingerprint density at radius 3 is 2.65 bits per heavy atom. The Balaban J connectivity index is 2.74. The lowest BCUT2D eigenvalue weighted by Crippen LogP contribution is -2.04. The minimum Gasteiger partial charge on any atom is -0.496 e. The molecular formula is C14H20O3. The summed E-state index contributed by atoms with van der Waals surface area (Å²) in [6, 6.07) is 6.15. The van der Waals surface area contributed by atoms with E-state index in [4.69, 9.17) is 4.74 Å². The van der Waals surface area contributed by atoms with Crippen LogP contribution in [0.5, 0.6) is 5.75 Å². The molecule has 0 aliphatic carbocycles. The second-order valence-electron chi connectivity index (χ2n) is 4.26. The minimum absolute atomic E-state index is 0.164. The molecule has 0 aliphatic rings. The van der Waals surface area contributed by atoms with Gasteiger partial charge in [-0.25, -0.2) is 0 Å². The molecule has 0 unspecified atom stereocenters. The maximum Gasteiger partial charge on any atom is 0.305 e. The van der Waals surface area contributed by atoms with Crippen LogP contribution in [0, 0.1) is 6.92 Å². The van der Waals surface area contributed by atoms with E-state index in [9.17, 15) is 4.79 Å². The molecule has 0 aromatic heterocycles. The highest BCUT2D eigenvalue weighted by Crippen LogP contribution is 2.30. The van der Waals surface area contributed by atoms with E-state index in [0.29, 0.717) is 6.42 Å². The first kappa shape index (κ1) is 13.6. The van der Waals surface area contributed by atoms with Gasteiger partial charge < -0.3 is 9.47 Å². The van der Waals surface area contributed by atoms with Gasteiger partial charge in [0, 0.05) is 6.42 Å². The van der Waals surface area contributed by atoms with E-state index in [1.807, 2.05) is 13.0 Å². The van der Waals surface area contributed by atoms with Crippen LogP contribution < -0.4 is 4.74 Å². The smallest absolute Gasteiger partial charge is 0.305 e. The highest BCUT2D eigenvalue weighted by atomic mass is 16.5. The zero-order chi connectivity index (χ0) is 12.8. The molecule has 3 heteroatoms. The van der Waals surface area contributed by atoms with Crippen LogP contribution in [0.2, 0.25) is 0 Å². The number of ether oxygens (including phenoxy) is 2. The van der Waals surface area contributed by atoms with Gasteiger partial charge in [0.2, 0.25) is 0 Å². The van der Waals surface area contributed by atoms with Gasteiger partial charge in [-0.15, -0.1) is 0 Å². The lowest BCUT2D eigenvalue weighted by atomic mass is 9.94. The van der Waals surface area contributed by atoms with Gasteiger partial charge in [0.15, 0.2) is 0 Å². The van der Waals surface area contributed by atoms with Crippen LogP contribution >= 0.6 is 0 Å². The highest BCUT2D eigenvalue weighted by Gasteiger charge is 2.13. The molecule has 0 radical (unpaired) electrons. The van der Waals surface area contributed by atoms with Crippen molar-refractivity contribution in [2.45, 2.75) is 32.6 Å². The molecule has 0 aliphatic heterocycles. The summed E-state index contributed by atoms with van der Waals surface area (Å²) >= 11 is 0. The average Bonchev–Trinajstić information content (AvgIpc) is 2.35. The summed E-state index contributed by atoms with van der Waals surface area (Å²) < 4.78 is 10.0. The first-order valence-corrected chi connectivity index (χ1v) is 5.79. The molecule has 3 nitrogen and oxygen atoms in total. The summed E-state index contributed by atoms with van der Waals surface area (Å²) in [7, 11) is 3.09. The van der Waals surface area contributed by atoms with E-state index in [1.165, 1.54) is 12.7 Å². The maximum absolute atomic E-state index is 11.1. The first-order valence-electron chi connectivity index (χ1n) is 5.79. The van der Waals surface area contributed by atoms with Crippen LogP contribution in [0.4, 0.5) is 0 Å². The predicted octanol–water partition coefficient (Wildman–Crippen LogP) is 3.06. The van der Waals surface area contributed by atoms with Crippen LogP contribution in [0.25, 0.3) is 0 Å². The fourth-order valence-corrected chi connectivity index (χ4v) is 1.82. The van der Waals surface area contributed by atoms with Crippen molar-refractivity contribution in [2.75, 3.05) is 14.2 Å².